The normalized spacial score (nSPS) is 20.4. The number of imide groups is 1. The molecule has 2 aromatic rings. The van der Waals surface area contributed by atoms with Gasteiger partial charge >= 0.3 is 0 Å². The molecule has 148 valence electrons. The molecule has 10 heteroatoms. The first-order valence-electron chi connectivity index (χ1n) is 8.72. The third-order valence-corrected chi connectivity index (χ3v) is 5.21. The fraction of sp³-hybridized carbons (Fsp3) is 0.211. The van der Waals surface area contributed by atoms with E-state index in [-0.39, 0.29) is 6.54 Å². The van der Waals surface area contributed by atoms with Gasteiger partial charge in [-0.2, -0.15) is 5.11 Å². The van der Waals surface area contributed by atoms with Gasteiger partial charge in [0.15, 0.2) is 12.1 Å². The minimum atomic E-state index is -0.973. The van der Waals surface area contributed by atoms with Crippen molar-refractivity contribution < 1.29 is 14.4 Å². The highest BCUT2D eigenvalue weighted by Gasteiger charge is 2.55. The van der Waals surface area contributed by atoms with E-state index in [1.807, 2.05) is 6.92 Å². The fourth-order valence-corrected chi connectivity index (χ4v) is 3.56. The van der Waals surface area contributed by atoms with E-state index in [2.05, 4.69) is 15.7 Å². The summed E-state index contributed by atoms with van der Waals surface area (Å²) in [5.74, 6) is -1.38. The van der Waals surface area contributed by atoms with Gasteiger partial charge in [0.25, 0.3) is 11.8 Å². The van der Waals surface area contributed by atoms with Crippen molar-refractivity contribution in [3.8, 4) is 0 Å². The Balaban J connectivity index is 1.49. The summed E-state index contributed by atoms with van der Waals surface area (Å²) in [4.78, 5) is 39.1. The molecule has 0 bridgehead atoms. The summed E-state index contributed by atoms with van der Waals surface area (Å²) in [7, 11) is 0. The van der Waals surface area contributed by atoms with Crippen molar-refractivity contribution in [2.45, 2.75) is 19.0 Å². The molecule has 1 N–H and O–H groups in total. The molecule has 2 aromatic carbocycles. The fourth-order valence-electron chi connectivity index (χ4n) is 3.26. The van der Waals surface area contributed by atoms with Gasteiger partial charge in [-0.1, -0.05) is 34.5 Å². The van der Waals surface area contributed by atoms with Gasteiger partial charge in [-0.3, -0.25) is 19.4 Å². The van der Waals surface area contributed by atoms with E-state index in [1.165, 1.54) is 5.01 Å². The van der Waals surface area contributed by atoms with E-state index in [0.29, 0.717) is 21.4 Å². The molecule has 1 fully saturated rings. The minimum absolute atomic E-state index is 0.232. The molecule has 0 aromatic heterocycles. The second-order valence-corrected chi connectivity index (χ2v) is 7.56. The predicted molar refractivity (Wildman–Crippen MR) is 108 cm³/mol. The summed E-state index contributed by atoms with van der Waals surface area (Å²) in [5.41, 5.74) is 1.80. The van der Waals surface area contributed by atoms with Gasteiger partial charge < -0.3 is 5.32 Å². The second-order valence-electron chi connectivity index (χ2n) is 6.69. The van der Waals surface area contributed by atoms with Crippen molar-refractivity contribution in [3.63, 3.8) is 0 Å². The van der Waals surface area contributed by atoms with E-state index in [4.69, 9.17) is 23.2 Å². The molecule has 3 amide bonds. The minimum Gasteiger partial charge on any atom is -0.324 e. The molecule has 29 heavy (non-hydrogen) atoms. The van der Waals surface area contributed by atoms with Gasteiger partial charge in [0, 0.05) is 15.7 Å². The molecule has 2 atom stereocenters. The van der Waals surface area contributed by atoms with Crippen LogP contribution in [0.5, 0.6) is 0 Å². The quantitative estimate of drug-likeness (QED) is 0.751. The predicted octanol–water partition coefficient (Wildman–Crippen LogP) is 3.23. The van der Waals surface area contributed by atoms with Crippen LogP contribution in [-0.4, -0.2) is 41.4 Å². The first kappa shape index (κ1) is 19.4. The van der Waals surface area contributed by atoms with Crippen LogP contribution in [-0.2, 0) is 14.4 Å². The van der Waals surface area contributed by atoms with E-state index < -0.39 is 29.8 Å². The van der Waals surface area contributed by atoms with Crippen LogP contribution in [0, 0.1) is 6.92 Å². The molecule has 4 rings (SSSR count). The van der Waals surface area contributed by atoms with Crippen LogP contribution in [0.15, 0.2) is 52.8 Å². The largest absolute Gasteiger partial charge is 0.324 e. The van der Waals surface area contributed by atoms with Crippen LogP contribution in [0.2, 0.25) is 10.0 Å². The number of benzene rings is 2. The number of halogens is 2. The molecule has 0 aliphatic carbocycles. The van der Waals surface area contributed by atoms with Gasteiger partial charge in [-0.15, -0.1) is 0 Å². The zero-order chi connectivity index (χ0) is 20.7. The zero-order valence-electron chi connectivity index (χ0n) is 15.2. The Bertz CT molecular complexity index is 1040. The zero-order valence-corrected chi connectivity index (χ0v) is 16.7. The molecule has 2 unspecified atom stereocenters. The van der Waals surface area contributed by atoms with Crippen molar-refractivity contribution in [2.24, 2.45) is 10.3 Å². The number of hydrogen-bond donors (Lipinski definition) is 1. The highest BCUT2D eigenvalue weighted by atomic mass is 35.5. The van der Waals surface area contributed by atoms with E-state index in [0.717, 1.165) is 10.5 Å². The summed E-state index contributed by atoms with van der Waals surface area (Å²) in [5, 5.41) is 12.7. The van der Waals surface area contributed by atoms with Gasteiger partial charge in [0.1, 0.15) is 6.54 Å². The number of carbonyl (C=O) groups excluding carboxylic acids is 3. The Labute approximate surface area is 176 Å². The smallest absolute Gasteiger partial charge is 0.263 e. The van der Waals surface area contributed by atoms with Crippen molar-refractivity contribution in [2.75, 3.05) is 16.8 Å². The maximum Gasteiger partial charge on any atom is 0.263 e. The highest BCUT2D eigenvalue weighted by Crippen LogP contribution is 2.32. The van der Waals surface area contributed by atoms with Crippen LogP contribution >= 0.6 is 23.2 Å². The standard InChI is InChI=1S/C19H15Cl2N5O3/c1-10-2-3-12(21)8-14(10)22-15(27)9-25-17-16(23-24-25)18(28)26(19(17)29)13-6-4-11(20)5-7-13/h2-8,16-17H,9H2,1H3,(H,22,27). The molecule has 1 saturated heterocycles. The molecule has 0 saturated carbocycles. The van der Waals surface area contributed by atoms with Crippen molar-refractivity contribution >= 4 is 52.3 Å². The number of aryl methyl sites for hydroxylation is 1. The maximum absolute atomic E-state index is 12.9. The lowest BCUT2D eigenvalue weighted by Gasteiger charge is -2.20. The number of hydrogen-bond acceptors (Lipinski definition) is 6. The number of nitrogens with one attached hydrogen (secondary N) is 1. The van der Waals surface area contributed by atoms with Gasteiger partial charge in [0.2, 0.25) is 5.91 Å². The van der Waals surface area contributed by atoms with Crippen LogP contribution in [0.25, 0.3) is 0 Å². The highest BCUT2D eigenvalue weighted by molar-refractivity contribution is 6.31. The van der Waals surface area contributed by atoms with Gasteiger partial charge in [-0.05, 0) is 48.9 Å². The third-order valence-electron chi connectivity index (χ3n) is 4.72. The lowest BCUT2D eigenvalue weighted by atomic mass is 10.1. The topological polar surface area (TPSA) is 94.4 Å². The van der Waals surface area contributed by atoms with Crippen molar-refractivity contribution in [3.05, 3.63) is 58.1 Å². The Hall–Kier alpha value is -2.97. The molecule has 2 aliphatic heterocycles. The van der Waals surface area contributed by atoms with E-state index >= 15 is 0 Å². The summed E-state index contributed by atoms with van der Waals surface area (Å²) in [6.45, 7) is 1.60. The second kappa shape index (κ2) is 7.46. The number of carbonyl (C=O) groups is 3. The number of fused-ring (bicyclic) bond motifs is 1. The van der Waals surface area contributed by atoms with Crippen LogP contribution < -0.4 is 10.2 Å². The summed E-state index contributed by atoms with van der Waals surface area (Å²) < 4.78 is 0. The first-order valence-corrected chi connectivity index (χ1v) is 9.47. The Kier molecular flexibility index (Phi) is 4.97. The average molecular weight is 432 g/mol. The summed E-state index contributed by atoms with van der Waals surface area (Å²) >= 11 is 11.8. The molecule has 0 spiro atoms. The first-order chi connectivity index (χ1) is 13.8. The van der Waals surface area contributed by atoms with Crippen molar-refractivity contribution in [1.82, 2.24) is 5.01 Å². The Morgan fingerprint density at radius 1 is 1.07 bits per heavy atom. The van der Waals surface area contributed by atoms with Gasteiger partial charge in [0.05, 0.1) is 5.69 Å². The van der Waals surface area contributed by atoms with E-state index in [1.54, 1.807) is 42.5 Å². The molecular formula is C19H15Cl2N5O3. The molecular weight excluding hydrogens is 417 g/mol. The lowest BCUT2D eigenvalue weighted by Crippen LogP contribution is -2.43. The summed E-state index contributed by atoms with van der Waals surface area (Å²) in [6, 6.07) is 9.55. The van der Waals surface area contributed by atoms with Crippen LogP contribution in [0.1, 0.15) is 5.56 Å². The van der Waals surface area contributed by atoms with Crippen molar-refractivity contribution in [1.29, 1.82) is 0 Å². The number of nitrogens with zero attached hydrogens (tertiary/aromatic N) is 4. The van der Waals surface area contributed by atoms with Crippen LogP contribution in [0.4, 0.5) is 11.4 Å². The summed E-state index contributed by atoms with van der Waals surface area (Å²) in [6.07, 6.45) is 0. The lowest BCUT2D eigenvalue weighted by molar-refractivity contribution is -0.123. The molecule has 2 heterocycles. The average Bonchev–Trinajstić information content (AvgIpc) is 3.19. The maximum atomic E-state index is 12.9. The SMILES string of the molecule is Cc1ccc(Cl)cc1NC(=O)CN1N=NC2C(=O)N(c3ccc(Cl)cc3)C(=O)C21. The Morgan fingerprint density at radius 3 is 2.48 bits per heavy atom. The van der Waals surface area contributed by atoms with Crippen LogP contribution in [0.3, 0.4) is 0 Å². The molecule has 8 nitrogen and oxygen atoms in total. The van der Waals surface area contributed by atoms with E-state index in [9.17, 15) is 14.4 Å². The molecule has 0 radical (unpaired) electrons. The molecule has 2 aliphatic rings. The Morgan fingerprint density at radius 2 is 1.76 bits per heavy atom. The number of anilines is 2. The van der Waals surface area contributed by atoms with Gasteiger partial charge in [-0.25, -0.2) is 4.90 Å². The number of rotatable bonds is 4. The monoisotopic (exact) mass is 431 g/mol. The number of amides is 3. The third kappa shape index (κ3) is 3.56.